The molecule has 1 aromatic carbocycles. The number of hydrogen-bond donors (Lipinski definition) is 0. The van der Waals surface area contributed by atoms with Gasteiger partial charge in [0.15, 0.2) is 0 Å². The molecule has 0 spiro atoms. The molecule has 78 valence electrons. The standard InChI is InChI=1S/C11H10ClFN2/c1-3-10-14-9-5-8(13)6(2)4-7(9)11(12)15-10/h4-5H,3H2,1-2H3. The second-order valence-corrected chi connectivity index (χ2v) is 3.76. The molecule has 2 nitrogen and oxygen atoms in total. The van der Waals surface area contributed by atoms with Crippen molar-refractivity contribution in [3.63, 3.8) is 0 Å². The average Bonchev–Trinajstić information content (AvgIpc) is 2.21. The molecule has 2 aromatic rings. The fourth-order valence-electron chi connectivity index (χ4n) is 1.42. The van der Waals surface area contributed by atoms with Gasteiger partial charge in [-0.2, -0.15) is 0 Å². The maximum Gasteiger partial charge on any atom is 0.140 e. The average molecular weight is 225 g/mol. The number of hydrogen-bond acceptors (Lipinski definition) is 2. The van der Waals surface area contributed by atoms with E-state index < -0.39 is 0 Å². The van der Waals surface area contributed by atoms with Crippen molar-refractivity contribution in [1.29, 1.82) is 0 Å². The molecule has 0 radical (unpaired) electrons. The molecule has 0 aliphatic carbocycles. The molecule has 0 bridgehead atoms. The van der Waals surface area contributed by atoms with Gasteiger partial charge >= 0.3 is 0 Å². The van der Waals surface area contributed by atoms with E-state index in [-0.39, 0.29) is 5.82 Å². The minimum atomic E-state index is -0.265. The summed E-state index contributed by atoms with van der Waals surface area (Å²) < 4.78 is 13.3. The van der Waals surface area contributed by atoms with E-state index in [1.807, 2.05) is 6.92 Å². The molecule has 1 aromatic heterocycles. The molecule has 0 N–H and O–H groups in total. The third-order valence-corrected chi connectivity index (χ3v) is 2.58. The molecule has 4 heteroatoms. The summed E-state index contributed by atoms with van der Waals surface area (Å²) in [6.07, 6.45) is 0.686. The lowest BCUT2D eigenvalue weighted by Gasteiger charge is -2.04. The van der Waals surface area contributed by atoms with Crippen LogP contribution >= 0.6 is 11.6 Å². The number of fused-ring (bicyclic) bond motifs is 1. The highest BCUT2D eigenvalue weighted by Gasteiger charge is 2.07. The Balaban J connectivity index is 2.80. The summed E-state index contributed by atoms with van der Waals surface area (Å²) in [4.78, 5) is 8.34. The Labute approximate surface area is 92.1 Å². The molecule has 0 saturated heterocycles. The van der Waals surface area contributed by atoms with Crippen LogP contribution in [0.2, 0.25) is 5.15 Å². The lowest BCUT2D eigenvalue weighted by atomic mass is 10.1. The van der Waals surface area contributed by atoms with Gasteiger partial charge in [0, 0.05) is 17.9 Å². The first kappa shape index (κ1) is 10.3. The van der Waals surface area contributed by atoms with Crippen LogP contribution in [0.25, 0.3) is 10.9 Å². The van der Waals surface area contributed by atoms with Gasteiger partial charge in [-0.1, -0.05) is 18.5 Å². The van der Waals surface area contributed by atoms with E-state index in [0.717, 1.165) is 0 Å². The number of nitrogens with zero attached hydrogens (tertiary/aromatic N) is 2. The summed E-state index contributed by atoms with van der Waals surface area (Å²) >= 11 is 5.99. The van der Waals surface area contributed by atoms with Crippen LogP contribution in [0, 0.1) is 12.7 Å². The Morgan fingerprint density at radius 3 is 2.73 bits per heavy atom. The monoisotopic (exact) mass is 224 g/mol. The molecule has 0 aliphatic heterocycles. The van der Waals surface area contributed by atoms with Gasteiger partial charge in [-0.15, -0.1) is 0 Å². The highest BCUT2D eigenvalue weighted by atomic mass is 35.5. The molecule has 0 atom stereocenters. The summed E-state index contributed by atoms with van der Waals surface area (Å²) in [7, 11) is 0. The first-order chi connectivity index (χ1) is 7.11. The van der Waals surface area contributed by atoms with Gasteiger partial charge in [-0.05, 0) is 18.6 Å². The first-order valence-electron chi connectivity index (χ1n) is 4.74. The largest absolute Gasteiger partial charge is 0.233 e. The van der Waals surface area contributed by atoms with Crippen molar-refractivity contribution < 1.29 is 4.39 Å². The van der Waals surface area contributed by atoms with Crippen LogP contribution < -0.4 is 0 Å². The Morgan fingerprint density at radius 2 is 2.07 bits per heavy atom. The molecule has 1 heterocycles. The maximum absolute atomic E-state index is 13.3. The van der Waals surface area contributed by atoms with Crippen molar-refractivity contribution in [2.45, 2.75) is 20.3 Å². The lowest BCUT2D eigenvalue weighted by Crippen LogP contribution is -1.96. The minimum Gasteiger partial charge on any atom is -0.233 e. The topological polar surface area (TPSA) is 25.8 Å². The molecular weight excluding hydrogens is 215 g/mol. The first-order valence-corrected chi connectivity index (χ1v) is 5.12. The van der Waals surface area contributed by atoms with E-state index in [1.165, 1.54) is 6.07 Å². The predicted octanol–water partition coefficient (Wildman–Crippen LogP) is 3.29. The number of halogens is 2. The van der Waals surface area contributed by atoms with E-state index in [4.69, 9.17) is 11.6 Å². The third-order valence-electron chi connectivity index (χ3n) is 2.29. The summed E-state index contributed by atoms with van der Waals surface area (Å²) in [5, 5.41) is 1.09. The zero-order chi connectivity index (χ0) is 11.0. The molecule has 0 unspecified atom stereocenters. The van der Waals surface area contributed by atoms with Crippen molar-refractivity contribution in [2.24, 2.45) is 0 Å². The van der Waals surface area contributed by atoms with Crippen LogP contribution in [-0.4, -0.2) is 9.97 Å². The van der Waals surface area contributed by atoms with Gasteiger partial charge in [0.05, 0.1) is 5.52 Å². The zero-order valence-corrected chi connectivity index (χ0v) is 9.27. The van der Waals surface area contributed by atoms with Gasteiger partial charge < -0.3 is 0 Å². The highest BCUT2D eigenvalue weighted by Crippen LogP contribution is 2.23. The number of benzene rings is 1. The number of rotatable bonds is 1. The van der Waals surface area contributed by atoms with Gasteiger partial charge in [0.2, 0.25) is 0 Å². The van der Waals surface area contributed by atoms with Crippen molar-refractivity contribution in [3.8, 4) is 0 Å². The second-order valence-electron chi connectivity index (χ2n) is 3.40. The van der Waals surface area contributed by atoms with Crippen molar-refractivity contribution >= 4 is 22.5 Å². The number of aromatic nitrogens is 2. The van der Waals surface area contributed by atoms with Crippen LogP contribution in [0.1, 0.15) is 18.3 Å². The van der Waals surface area contributed by atoms with Crippen molar-refractivity contribution in [1.82, 2.24) is 9.97 Å². The fourth-order valence-corrected chi connectivity index (χ4v) is 1.67. The Kier molecular flexibility index (Phi) is 2.57. The number of aryl methyl sites for hydroxylation is 2. The molecule has 0 saturated carbocycles. The normalized spacial score (nSPS) is 10.9. The lowest BCUT2D eigenvalue weighted by molar-refractivity contribution is 0.620. The summed E-state index contributed by atoms with van der Waals surface area (Å²) in [5.74, 6) is 0.370. The quantitative estimate of drug-likeness (QED) is 0.695. The molecule has 0 aliphatic rings. The van der Waals surface area contributed by atoms with Crippen molar-refractivity contribution in [2.75, 3.05) is 0 Å². The maximum atomic E-state index is 13.3. The fraction of sp³-hybridized carbons (Fsp3) is 0.273. The van der Waals surface area contributed by atoms with Crippen LogP contribution in [-0.2, 0) is 6.42 Å². The molecule has 0 amide bonds. The van der Waals surface area contributed by atoms with E-state index in [9.17, 15) is 4.39 Å². The summed E-state index contributed by atoms with van der Waals surface area (Å²) in [5.41, 5.74) is 1.12. The molecule has 0 fully saturated rings. The van der Waals surface area contributed by atoms with E-state index in [2.05, 4.69) is 9.97 Å². The second kappa shape index (κ2) is 3.74. The summed E-state index contributed by atoms with van der Waals surface area (Å²) in [6.45, 7) is 3.63. The van der Waals surface area contributed by atoms with Gasteiger partial charge in [-0.25, -0.2) is 14.4 Å². The third kappa shape index (κ3) is 1.79. The van der Waals surface area contributed by atoms with Crippen LogP contribution in [0.3, 0.4) is 0 Å². The smallest absolute Gasteiger partial charge is 0.140 e. The minimum absolute atomic E-state index is 0.265. The Hall–Kier alpha value is -1.22. The predicted molar refractivity (Wildman–Crippen MR) is 58.6 cm³/mol. The zero-order valence-electron chi connectivity index (χ0n) is 8.51. The van der Waals surface area contributed by atoms with Gasteiger partial charge in [0.1, 0.15) is 16.8 Å². The Bertz CT molecular complexity index is 525. The van der Waals surface area contributed by atoms with E-state index in [1.54, 1.807) is 13.0 Å². The molecular formula is C11H10ClFN2. The van der Waals surface area contributed by atoms with Crippen molar-refractivity contribution in [3.05, 3.63) is 34.5 Å². The van der Waals surface area contributed by atoms with Gasteiger partial charge in [0.25, 0.3) is 0 Å². The van der Waals surface area contributed by atoms with E-state index in [0.29, 0.717) is 33.9 Å². The SMILES string of the molecule is CCc1nc(Cl)c2cc(C)c(F)cc2n1. The Morgan fingerprint density at radius 1 is 1.33 bits per heavy atom. The van der Waals surface area contributed by atoms with Crippen LogP contribution in [0.4, 0.5) is 4.39 Å². The molecule has 15 heavy (non-hydrogen) atoms. The van der Waals surface area contributed by atoms with E-state index >= 15 is 0 Å². The highest BCUT2D eigenvalue weighted by molar-refractivity contribution is 6.34. The molecule has 2 rings (SSSR count). The summed E-state index contributed by atoms with van der Waals surface area (Å²) in [6, 6.07) is 3.07. The van der Waals surface area contributed by atoms with Crippen LogP contribution in [0.15, 0.2) is 12.1 Å². The van der Waals surface area contributed by atoms with Gasteiger partial charge in [-0.3, -0.25) is 0 Å². The van der Waals surface area contributed by atoms with Crippen LogP contribution in [0.5, 0.6) is 0 Å².